The number of amides is 1. The first-order valence-electron chi connectivity index (χ1n) is 11.6. The standard InChI is InChI=1S/C22H26FN3O4S.C2HF3O2/c1-15-5-6-18(12-19(15)23)31(28,29)26-11-9-22(16(2)14-26)8-7-20(30-22)21(27)25-17-4-3-10-24-13-17;3-2(4,5)1(6)7/h3-6,10,12-13,16,20H,7-9,11,14H2,1-2H3,(H,25,27);(H,6,7). The SMILES string of the molecule is Cc1ccc(S(=O)(=O)N2CCC3(CCC(C(=O)Nc4cccnc4)O3)C(C)C2)cc1F.O=C(O)C(F)(F)F. The Morgan fingerprint density at radius 1 is 1.24 bits per heavy atom. The molecule has 2 aromatic rings. The van der Waals surface area contributed by atoms with Gasteiger partial charge in [-0.3, -0.25) is 9.78 Å². The summed E-state index contributed by atoms with van der Waals surface area (Å²) < 4.78 is 79.3. The van der Waals surface area contributed by atoms with Crippen LogP contribution in [0.4, 0.5) is 23.2 Å². The zero-order valence-corrected chi connectivity index (χ0v) is 21.4. The van der Waals surface area contributed by atoms with Crippen LogP contribution in [-0.2, 0) is 24.3 Å². The van der Waals surface area contributed by atoms with E-state index >= 15 is 0 Å². The van der Waals surface area contributed by atoms with Crippen molar-refractivity contribution in [3.05, 3.63) is 54.1 Å². The second kappa shape index (κ2) is 11.3. The number of pyridine rings is 1. The minimum Gasteiger partial charge on any atom is -0.475 e. The number of aryl methyl sites for hydroxylation is 1. The van der Waals surface area contributed by atoms with E-state index < -0.39 is 39.7 Å². The van der Waals surface area contributed by atoms with Crippen molar-refractivity contribution in [3.63, 3.8) is 0 Å². The Balaban J connectivity index is 0.000000505. The van der Waals surface area contributed by atoms with Crippen molar-refractivity contribution in [2.45, 2.75) is 55.9 Å². The number of hydrogen-bond acceptors (Lipinski definition) is 6. The summed E-state index contributed by atoms with van der Waals surface area (Å²) in [5.41, 5.74) is 0.470. The zero-order valence-electron chi connectivity index (χ0n) is 20.5. The number of ether oxygens (including phenoxy) is 1. The average Bonchev–Trinajstić information content (AvgIpc) is 3.28. The predicted octanol–water partition coefficient (Wildman–Crippen LogP) is 3.75. The number of nitrogens with zero attached hydrogens (tertiary/aromatic N) is 2. The van der Waals surface area contributed by atoms with E-state index in [0.717, 1.165) is 6.07 Å². The summed E-state index contributed by atoms with van der Waals surface area (Å²) in [7, 11) is -3.80. The highest BCUT2D eigenvalue weighted by molar-refractivity contribution is 7.89. The Bertz CT molecular complexity index is 1280. The van der Waals surface area contributed by atoms with Gasteiger partial charge in [0.05, 0.1) is 22.4 Å². The molecule has 2 N–H and O–H groups in total. The molecule has 1 spiro atoms. The number of nitrogens with one attached hydrogen (secondary N) is 1. The Morgan fingerprint density at radius 2 is 1.92 bits per heavy atom. The molecule has 3 atom stereocenters. The first-order chi connectivity index (χ1) is 17.7. The van der Waals surface area contributed by atoms with Gasteiger partial charge in [-0.25, -0.2) is 17.6 Å². The molecule has 2 saturated heterocycles. The molecular weight excluding hydrogens is 534 g/mol. The number of halogens is 4. The van der Waals surface area contributed by atoms with Crippen LogP contribution in [0.3, 0.4) is 0 Å². The van der Waals surface area contributed by atoms with Crippen molar-refractivity contribution in [1.82, 2.24) is 9.29 Å². The van der Waals surface area contributed by atoms with E-state index in [1.165, 1.54) is 16.4 Å². The lowest BCUT2D eigenvalue weighted by Gasteiger charge is -2.43. The minimum absolute atomic E-state index is 0.0418. The number of sulfonamides is 1. The molecule has 4 rings (SSSR count). The lowest BCUT2D eigenvalue weighted by atomic mass is 9.81. The molecule has 0 bridgehead atoms. The molecule has 1 amide bonds. The van der Waals surface area contributed by atoms with Crippen LogP contribution in [-0.4, -0.2) is 65.7 Å². The number of carboxylic acids is 1. The fourth-order valence-corrected chi connectivity index (χ4v) is 5.93. The number of hydrogen-bond donors (Lipinski definition) is 2. The van der Waals surface area contributed by atoms with E-state index in [1.807, 2.05) is 6.92 Å². The summed E-state index contributed by atoms with van der Waals surface area (Å²) in [6.45, 7) is 4.06. The smallest absolute Gasteiger partial charge is 0.475 e. The number of piperidine rings is 1. The Hall–Kier alpha value is -3.10. The van der Waals surface area contributed by atoms with Crippen LogP contribution in [0.5, 0.6) is 0 Å². The molecule has 9 nitrogen and oxygen atoms in total. The second-order valence-electron chi connectivity index (χ2n) is 9.17. The first kappa shape index (κ1) is 29.5. The predicted molar refractivity (Wildman–Crippen MR) is 127 cm³/mol. The van der Waals surface area contributed by atoms with Crippen molar-refractivity contribution in [1.29, 1.82) is 0 Å². The van der Waals surface area contributed by atoms with Gasteiger partial charge in [0.2, 0.25) is 10.0 Å². The lowest BCUT2D eigenvalue weighted by Crippen LogP contribution is -2.52. The van der Waals surface area contributed by atoms with Crippen LogP contribution in [0, 0.1) is 18.7 Å². The highest BCUT2D eigenvalue weighted by Crippen LogP contribution is 2.43. The van der Waals surface area contributed by atoms with Crippen LogP contribution in [0.25, 0.3) is 0 Å². The molecule has 0 saturated carbocycles. The van der Waals surface area contributed by atoms with Gasteiger partial charge >= 0.3 is 12.1 Å². The molecule has 3 unspecified atom stereocenters. The number of carbonyl (C=O) groups excluding carboxylic acids is 1. The fraction of sp³-hybridized carbons (Fsp3) is 0.458. The van der Waals surface area contributed by atoms with Gasteiger partial charge < -0.3 is 15.2 Å². The average molecular weight is 562 g/mol. The first-order valence-corrected chi connectivity index (χ1v) is 13.0. The number of alkyl halides is 3. The maximum atomic E-state index is 13.9. The molecule has 208 valence electrons. The third-order valence-electron chi connectivity index (χ3n) is 6.61. The maximum Gasteiger partial charge on any atom is 0.490 e. The number of benzene rings is 1. The quantitative estimate of drug-likeness (QED) is 0.545. The van der Waals surface area contributed by atoms with E-state index in [4.69, 9.17) is 14.6 Å². The Kier molecular flexibility index (Phi) is 8.79. The molecule has 2 aliphatic rings. The molecular formula is C24H27F4N3O6S. The molecule has 3 heterocycles. The van der Waals surface area contributed by atoms with Crippen LogP contribution in [0.1, 0.15) is 31.7 Å². The minimum atomic E-state index is -5.08. The van der Waals surface area contributed by atoms with E-state index in [0.29, 0.717) is 30.5 Å². The zero-order chi connectivity index (χ0) is 28.3. The topological polar surface area (TPSA) is 126 Å². The molecule has 0 radical (unpaired) electrons. The van der Waals surface area contributed by atoms with Gasteiger partial charge in [-0.05, 0) is 61.9 Å². The summed E-state index contributed by atoms with van der Waals surface area (Å²) in [5, 5.41) is 9.94. The van der Waals surface area contributed by atoms with Gasteiger partial charge in [0.25, 0.3) is 5.91 Å². The molecule has 14 heteroatoms. The van der Waals surface area contributed by atoms with Gasteiger partial charge in [0, 0.05) is 19.3 Å². The van der Waals surface area contributed by atoms with Crippen molar-refractivity contribution < 1.29 is 45.4 Å². The highest BCUT2D eigenvalue weighted by atomic mass is 32.2. The van der Waals surface area contributed by atoms with Crippen molar-refractivity contribution >= 4 is 27.6 Å². The summed E-state index contributed by atoms with van der Waals surface area (Å²) in [5.74, 6) is -3.62. The van der Waals surface area contributed by atoms with Gasteiger partial charge in [0.15, 0.2) is 0 Å². The number of carbonyl (C=O) groups is 2. The third-order valence-corrected chi connectivity index (χ3v) is 8.47. The van der Waals surface area contributed by atoms with E-state index in [-0.39, 0.29) is 29.8 Å². The van der Waals surface area contributed by atoms with Crippen molar-refractivity contribution in [2.24, 2.45) is 5.92 Å². The third kappa shape index (κ3) is 6.66. The number of aromatic nitrogens is 1. The van der Waals surface area contributed by atoms with Gasteiger partial charge in [-0.15, -0.1) is 0 Å². The molecule has 38 heavy (non-hydrogen) atoms. The largest absolute Gasteiger partial charge is 0.490 e. The van der Waals surface area contributed by atoms with Gasteiger partial charge in [-0.1, -0.05) is 13.0 Å². The summed E-state index contributed by atoms with van der Waals surface area (Å²) in [4.78, 5) is 25.4. The number of aliphatic carboxylic acids is 1. The number of rotatable bonds is 4. The van der Waals surface area contributed by atoms with Crippen LogP contribution in [0.15, 0.2) is 47.6 Å². The van der Waals surface area contributed by atoms with Crippen LogP contribution in [0.2, 0.25) is 0 Å². The normalized spacial score (nSPS) is 23.9. The van der Waals surface area contributed by atoms with E-state index in [1.54, 1.807) is 31.5 Å². The fourth-order valence-electron chi connectivity index (χ4n) is 4.39. The van der Waals surface area contributed by atoms with Crippen molar-refractivity contribution in [2.75, 3.05) is 18.4 Å². The Labute approximate surface area is 216 Å². The van der Waals surface area contributed by atoms with Gasteiger partial charge in [0.1, 0.15) is 11.9 Å². The number of anilines is 1. The lowest BCUT2D eigenvalue weighted by molar-refractivity contribution is -0.192. The molecule has 2 fully saturated rings. The molecule has 1 aromatic carbocycles. The van der Waals surface area contributed by atoms with Crippen molar-refractivity contribution in [3.8, 4) is 0 Å². The summed E-state index contributed by atoms with van der Waals surface area (Å²) in [6.07, 6.45) is -0.720. The molecule has 2 aliphatic heterocycles. The second-order valence-corrected chi connectivity index (χ2v) is 11.1. The maximum absolute atomic E-state index is 13.9. The number of carboxylic acid groups (broad SMARTS) is 1. The van der Waals surface area contributed by atoms with Gasteiger partial charge in [-0.2, -0.15) is 17.5 Å². The van der Waals surface area contributed by atoms with E-state index in [9.17, 15) is 30.8 Å². The summed E-state index contributed by atoms with van der Waals surface area (Å²) in [6, 6.07) is 7.49. The van der Waals surface area contributed by atoms with Crippen LogP contribution >= 0.6 is 0 Å². The molecule has 0 aliphatic carbocycles. The van der Waals surface area contributed by atoms with Crippen LogP contribution < -0.4 is 5.32 Å². The molecule has 1 aromatic heterocycles. The summed E-state index contributed by atoms with van der Waals surface area (Å²) >= 11 is 0. The Morgan fingerprint density at radius 3 is 2.47 bits per heavy atom. The monoisotopic (exact) mass is 561 g/mol. The van der Waals surface area contributed by atoms with E-state index in [2.05, 4.69) is 10.3 Å². The highest BCUT2D eigenvalue weighted by Gasteiger charge is 2.50.